The second-order valence-electron chi connectivity index (χ2n) is 18.3. The number of nitriles is 2. The molecule has 0 bridgehead atoms. The van der Waals surface area contributed by atoms with Crippen LogP contribution in [0.15, 0.2) is 97.6 Å². The molecule has 0 fully saturated rings. The van der Waals surface area contributed by atoms with Crippen LogP contribution < -0.4 is 18.9 Å². The number of benzene rings is 4. The Morgan fingerprint density at radius 1 is 0.639 bits per heavy atom. The van der Waals surface area contributed by atoms with Gasteiger partial charge in [-0.3, -0.25) is 19.6 Å². The standard InChI is InChI=1S/C56H54Cl2N6O8/c1-63(17-5-11-55(65)66)31-39-21-47(57)53(23-51(39)69-33-37-19-35(25-59)27-61-29-37)71-49-15-13-43-41(7-3-9-45(43)49)42-8-4-10-46-44(42)14-16-50(46)72-54-24-52(70-34-38-20-36(26-60)28-62-30-38)40(22-48(54)58)32-64(2)18-6-12-56(67)68/h3-4,7-10,19-24,27-30,49-50H,5-6,11-18,31-34H2,1-2H3,(H,65,66)(H,67,68)/t49-,50-/m0/s1. The lowest BCUT2D eigenvalue weighted by molar-refractivity contribution is -0.138. The third-order valence-corrected chi connectivity index (χ3v) is 13.5. The summed E-state index contributed by atoms with van der Waals surface area (Å²) < 4.78 is 26.3. The largest absolute Gasteiger partial charge is 0.488 e. The molecule has 2 heterocycles. The highest BCUT2D eigenvalue weighted by Crippen LogP contribution is 2.47. The molecule has 0 radical (unpaired) electrons. The van der Waals surface area contributed by atoms with E-state index in [1.807, 2.05) is 48.2 Å². The average Bonchev–Trinajstić information content (AvgIpc) is 3.98. The van der Waals surface area contributed by atoms with Crippen molar-refractivity contribution >= 4 is 35.1 Å². The van der Waals surface area contributed by atoms with E-state index in [-0.39, 0.29) is 38.3 Å². The first kappa shape index (κ1) is 51.2. The van der Waals surface area contributed by atoms with Crippen molar-refractivity contribution in [1.82, 2.24) is 19.8 Å². The van der Waals surface area contributed by atoms with Gasteiger partial charge in [0.1, 0.15) is 60.6 Å². The third kappa shape index (κ3) is 12.8. The molecule has 2 aliphatic carbocycles. The molecule has 0 unspecified atom stereocenters. The monoisotopic (exact) mass is 1010 g/mol. The zero-order valence-corrected chi connectivity index (χ0v) is 41.6. The molecular formula is C56H54Cl2N6O8. The number of nitrogens with zero attached hydrogens (tertiary/aromatic N) is 6. The number of ether oxygens (including phenoxy) is 4. The van der Waals surface area contributed by atoms with Gasteiger partial charge in [0.25, 0.3) is 0 Å². The van der Waals surface area contributed by atoms with Crippen LogP contribution in [-0.2, 0) is 48.7 Å². The van der Waals surface area contributed by atoms with E-state index in [1.54, 1.807) is 24.5 Å². The van der Waals surface area contributed by atoms with E-state index in [4.69, 9.17) is 42.1 Å². The van der Waals surface area contributed by atoms with E-state index in [9.17, 15) is 30.3 Å². The number of carboxylic acid groups (broad SMARTS) is 2. The molecule has 0 saturated heterocycles. The highest BCUT2D eigenvalue weighted by atomic mass is 35.5. The van der Waals surface area contributed by atoms with E-state index >= 15 is 0 Å². The minimum atomic E-state index is -0.839. The van der Waals surface area contributed by atoms with Gasteiger partial charge in [0.15, 0.2) is 0 Å². The Hall–Kier alpha value is -7.20. The minimum absolute atomic E-state index is 0.0699. The van der Waals surface area contributed by atoms with Gasteiger partial charge in [-0.1, -0.05) is 59.6 Å². The van der Waals surface area contributed by atoms with Crippen LogP contribution in [0.5, 0.6) is 23.0 Å². The van der Waals surface area contributed by atoms with Crippen LogP contribution in [0.2, 0.25) is 10.0 Å². The number of halogens is 2. The fourth-order valence-corrected chi connectivity index (χ4v) is 9.92. The van der Waals surface area contributed by atoms with E-state index in [0.29, 0.717) is 83.2 Å². The number of hydrogen-bond donors (Lipinski definition) is 2. The molecule has 2 aliphatic rings. The Labute approximate surface area is 428 Å². The molecule has 8 rings (SSSR count). The molecule has 0 saturated carbocycles. The van der Waals surface area contributed by atoms with Gasteiger partial charge in [-0.2, -0.15) is 10.5 Å². The second-order valence-corrected chi connectivity index (χ2v) is 19.1. The molecule has 16 heteroatoms. The predicted molar refractivity (Wildman–Crippen MR) is 271 cm³/mol. The molecule has 2 atom stereocenters. The first-order valence-corrected chi connectivity index (χ1v) is 24.6. The lowest BCUT2D eigenvalue weighted by Gasteiger charge is -2.22. The van der Waals surface area contributed by atoms with Crippen molar-refractivity contribution in [2.45, 2.75) is 89.9 Å². The van der Waals surface area contributed by atoms with Gasteiger partial charge < -0.3 is 39.0 Å². The molecule has 2 N–H and O–H groups in total. The summed E-state index contributed by atoms with van der Waals surface area (Å²) >= 11 is 14.0. The van der Waals surface area contributed by atoms with Crippen molar-refractivity contribution in [3.8, 4) is 46.3 Å². The number of pyridine rings is 2. The lowest BCUT2D eigenvalue weighted by atomic mass is 9.91. The third-order valence-electron chi connectivity index (χ3n) is 12.9. The zero-order chi connectivity index (χ0) is 50.7. The summed E-state index contributed by atoms with van der Waals surface area (Å²) in [6.45, 7) is 2.36. The Bertz CT molecular complexity index is 2840. The summed E-state index contributed by atoms with van der Waals surface area (Å²) in [5.41, 5.74) is 10.8. The van der Waals surface area contributed by atoms with Gasteiger partial charge in [-0.05, 0) is 123 Å². The Morgan fingerprint density at radius 3 is 1.47 bits per heavy atom. The zero-order valence-electron chi connectivity index (χ0n) is 40.1. The number of hydrogen-bond acceptors (Lipinski definition) is 12. The summed E-state index contributed by atoms with van der Waals surface area (Å²) in [4.78, 5) is 34.8. The summed E-state index contributed by atoms with van der Waals surface area (Å²) in [5.74, 6) is 0.394. The van der Waals surface area contributed by atoms with Crippen LogP contribution in [0.3, 0.4) is 0 Å². The molecule has 2 aromatic heterocycles. The molecule has 370 valence electrons. The van der Waals surface area contributed by atoms with Gasteiger partial charge >= 0.3 is 11.9 Å². The second kappa shape index (κ2) is 23.8. The van der Waals surface area contributed by atoms with Gasteiger partial charge in [-0.15, -0.1) is 0 Å². The number of fused-ring (bicyclic) bond motifs is 2. The molecule has 72 heavy (non-hydrogen) atoms. The Balaban J connectivity index is 1.02. The van der Waals surface area contributed by atoms with Gasteiger partial charge in [0.2, 0.25) is 0 Å². The van der Waals surface area contributed by atoms with Crippen molar-refractivity contribution in [3.63, 3.8) is 0 Å². The molecule has 14 nitrogen and oxygen atoms in total. The summed E-state index contributed by atoms with van der Waals surface area (Å²) in [6, 6.07) is 27.7. The minimum Gasteiger partial charge on any atom is -0.488 e. The van der Waals surface area contributed by atoms with Gasteiger partial charge in [0.05, 0.1) is 21.2 Å². The smallest absolute Gasteiger partial charge is 0.303 e. The molecule has 0 aliphatic heterocycles. The number of aliphatic carboxylic acids is 2. The molecule has 0 spiro atoms. The highest BCUT2D eigenvalue weighted by molar-refractivity contribution is 6.32. The first-order valence-electron chi connectivity index (χ1n) is 23.8. The number of rotatable bonds is 23. The summed E-state index contributed by atoms with van der Waals surface area (Å²) in [6.07, 6.45) is 9.93. The fraction of sp³-hybridized carbons (Fsp3) is 0.321. The first-order chi connectivity index (χ1) is 34.8. The van der Waals surface area contributed by atoms with Crippen LogP contribution in [0, 0.1) is 22.7 Å². The van der Waals surface area contributed by atoms with Crippen LogP contribution in [0.4, 0.5) is 0 Å². The van der Waals surface area contributed by atoms with E-state index < -0.39 is 11.9 Å². The fourth-order valence-electron chi connectivity index (χ4n) is 9.45. The Kier molecular flexibility index (Phi) is 16.9. The van der Waals surface area contributed by atoms with E-state index in [1.165, 1.54) is 23.5 Å². The quantitative estimate of drug-likeness (QED) is 0.0616. The van der Waals surface area contributed by atoms with Crippen LogP contribution in [0.25, 0.3) is 11.1 Å². The highest BCUT2D eigenvalue weighted by Gasteiger charge is 2.32. The van der Waals surface area contributed by atoms with Gasteiger partial charge in [-0.25, -0.2) is 0 Å². The number of carboxylic acids is 2. The van der Waals surface area contributed by atoms with Crippen molar-refractivity contribution < 1.29 is 38.7 Å². The molecule has 4 aromatic carbocycles. The van der Waals surface area contributed by atoms with Gasteiger partial charge in [0, 0.05) is 85.1 Å². The molecular weight excluding hydrogens is 956 g/mol. The maximum Gasteiger partial charge on any atom is 0.303 e. The van der Waals surface area contributed by atoms with Crippen molar-refractivity contribution in [2.24, 2.45) is 0 Å². The van der Waals surface area contributed by atoms with Crippen LogP contribution in [-0.4, -0.2) is 69.1 Å². The van der Waals surface area contributed by atoms with Crippen LogP contribution >= 0.6 is 23.2 Å². The predicted octanol–water partition coefficient (Wildman–Crippen LogP) is 11.1. The normalized spacial score (nSPS) is 14.6. The van der Waals surface area contributed by atoms with E-state index in [0.717, 1.165) is 70.2 Å². The number of carbonyl (C=O) groups is 2. The van der Waals surface area contributed by atoms with Crippen LogP contribution in [0.1, 0.15) is 106 Å². The maximum absolute atomic E-state index is 11.2. The summed E-state index contributed by atoms with van der Waals surface area (Å²) in [7, 11) is 3.84. The molecule has 6 aromatic rings. The topological polar surface area (TPSA) is 191 Å². The van der Waals surface area contributed by atoms with Crippen molar-refractivity contribution in [2.75, 3.05) is 27.2 Å². The molecule has 0 amide bonds. The average molecular weight is 1010 g/mol. The lowest BCUT2D eigenvalue weighted by Crippen LogP contribution is -2.20. The number of aromatic nitrogens is 2. The Morgan fingerprint density at radius 2 is 1.07 bits per heavy atom. The maximum atomic E-state index is 11.2. The SMILES string of the molecule is CN(CCCC(=O)O)Cc1cc(Cl)c(O[C@H]2CCc3c(-c4cccc5c4CC[C@@H]5Oc4cc(OCc5cncc(C#N)c5)c(CN(C)CCCC(=O)O)cc4Cl)cccc32)cc1OCc1cncc(C#N)c1. The van der Waals surface area contributed by atoms with Crippen molar-refractivity contribution in [3.05, 3.63) is 163 Å². The summed E-state index contributed by atoms with van der Waals surface area (Å²) in [5, 5.41) is 38.1. The van der Waals surface area contributed by atoms with Crippen molar-refractivity contribution in [1.29, 1.82) is 10.5 Å². The van der Waals surface area contributed by atoms with E-state index in [2.05, 4.69) is 58.5 Å².